The molecule has 0 radical (unpaired) electrons. The van der Waals surface area contributed by atoms with E-state index in [1.807, 2.05) is 0 Å². The fourth-order valence-electron chi connectivity index (χ4n) is 2.66. The van der Waals surface area contributed by atoms with Crippen LogP contribution in [0.25, 0.3) is 22.2 Å². The zero-order valence-corrected chi connectivity index (χ0v) is 13.4. The maximum atomic E-state index is 14.7. The Balaban J connectivity index is 1.69. The number of nitrogen functional groups attached to an aromatic ring is 1. The maximum Gasteiger partial charge on any atom is 0.256 e. The molecule has 0 fully saturated rings. The Hall–Kier alpha value is -3.81. The molecule has 4 rings (SSSR count). The molecule has 4 aromatic rings. The third-order valence-corrected chi connectivity index (χ3v) is 3.90. The van der Waals surface area contributed by atoms with E-state index in [0.29, 0.717) is 22.4 Å². The molecule has 3 heterocycles. The van der Waals surface area contributed by atoms with Crippen LogP contribution in [0.3, 0.4) is 0 Å². The van der Waals surface area contributed by atoms with Crippen LogP contribution in [0, 0.1) is 5.82 Å². The number of pyridine rings is 2. The first-order valence-electron chi connectivity index (χ1n) is 7.74. The minimum Gasteiger partial charge on any atom is -0.383 e. The number of benzene rings is 1. The molecule has 0 bridgehead atoms. The number of anilines is 2. The highest BCUT2D eigenvalue weighted by atomic mass is 19.1. The largest absolute Gasteiger partial charge is 0.383 e. The maximum absolute atomic E-state index is 14.7. The standard InChI is InChI=1S/C18H13FN6O/c19-12-9-10(18(26)23-14-3-1-2-7-21-14)4-5-11(12)16-15-13(24-25-16)6-8-22-17(15)20/h1-9H,(H2,20,22)(H,24,25)(H,21,23,26). The van der Waals surface area contributed by atoms with E-state index >= 15 is 0 Å². The second kappa shape index (κ2) is 6.25. The van der Waals surface area contributed by atoms with E-state index in [1.54, 1.807) is 36.7 Å². The average molecular weight is 348 g/mol. The second-order valence-corrected chi connectivity index (χ2v) is 5.55. The Labute approximate surface area is 147 Å². The highest BCUT2D eigenvalue weighted by Gasteiger charge is 2.17. The van der Waals surface area contributed by atoms with E-state index < -0.39 is 11.7 Å². The van der Waals surface area contributed by atoms with Crippen molar-refractivity contribution in [3.05, 3.63) is 66.2 Å². The first-order valence-corrected chi connectivity index (χ1v) is 7.74. The van der Waals surface area contributed by atoms with Gasteiger partial charge in [-0.1, -0.05) is 6.07 Å². The van der Waals surface area contributed by atoms with Gasteiger partial charge < -0.3 is 11.1 Å². The van der Waals surface area contributed by atoms with E-state index in [4.69, 9.17) is 5.73 Å². The number of hydrogen-bond acceptors (Lipinski definition) is 5. The number of nitrogens with two attached hydrogens (primary N) is 1. The molecular weight excluding hydrogens is 335 g/mol. The van der Waals surface area contributed by atoms with Gasteiger partial charge in [-0.15, -0.1) is 0 Å². The molecule has 26 heavy (non-hydrogen) atoms. The normalized spacial score (nSPS) is 10.8. The minimum absolute atomic E-state index is 0.169. The predicted octanol–water partition coefficient (Wildman–Crippen LogP) is 2.99. The second-order valence-electron chi connectivity index (χ2n) is 5.55. The lowest BCUT2D eigenvalue weighted by Gasteiger charge is -2.06. The summed E-state index contributed by atoms with van der Waals surface area (Å²) in [6.07, 6.45) is 3.10. The van der Waals surface area contributed by atoms with Gasteiger partial charge in [0, 0.05) is 23.5 Å². The van der Waals surface area contributed by atoms with Gasteiger partial charge in [-0.2, -0.15) is 5.10 Å². The van der Waals surface area contributed by atoms with E-state index in [0.717, 1.165) is 6.07 Å². The van der Waals surface area contributed by atoms with Crippen LogP contribution in [0.1, 0.15) is 10.4 Å². The van der Waals surface area contributed by atoms with Crippen LogP contribution < -0.4 is 11.1 Å². The Bertz CT molecular complexity index is 1110. The summed E-state index contributed by atoms with van der Waals surface area (Å²) >= 11 is 0. The number of nitrogens with one attached hydrogen (secondary N) is 2. The van der Waals surface area contributed by atoms with Crippen molar-refractivity contribution in [1.82, 2.24) is 20.2 Å². The van der Waals surface area contributed by atoms with Crippen LogP contribution in [0.5, 0.6) is 0 Å². The summed E-state index contributed by atoms with van der Waals surface area (Å²) in [6.45, 7) is 0. The van der Waals surface area contributed by atoms with Crippen molar-refractivity contribution in [3.8, 4) is 11.3 Å². The van der Waals surface area contributed by atoms with Gasteiger partial charge in [0.15, 0.2) is 0 Å². The highest BCUT2D eigenvalue weighted by molar-refractivity contribution is 6.04. The van der Waals surface area contributed by atoms with Gasteiger partial charge in [0.25, 0.3) is 5.91 Å². The molecule has 1 aromatic carbocycles. The fraction of sp³-hybridized carbons (Fsp3) is 0. The third-order valence-electron chi connectivity index (χ3n) is 3.90. The Morgan fingerprint density at radius 2 is 2.00 bits per heavy atom. The number of rotatable bonds is 3. The number of hydrogen-bond donors (Lipinski definition) is 3. The molecule has 0 saturated heterocycles. The monoisotopic (exact) mass is 348 g/mol. The van der Waals surface area contributed by atoms with Gasteiger partial charge in [-0.05, 0) is 36.4 Å². The van der Waals surface area contributed by atoms with Crippen molar-refractivity contribution in [2.75, 3.05) is 11.1 Å². The number of H-pyrrole nitrogens is 1. The molecule has 0 aliphatic rings. The lowest BCUT2D eigenvalue weighted by atomic mass is 10.0. The molecule has 0 aliphatic heterocycles. The van der Waals surface area contributed by atoms with Crippen LogP contribution in [0.2, 0.25) is 0 Å². The highest BCUT2D eigenvalue weighted by Crippen LogP contribution is 2.31. The smallest absolute Gasteiger partial charge is 0.256 e. The van der Waals surface area contributed by atoms with Crippen LogP contribution in [-0.4, -0.2) is 26.1 Å². The molecule has 0 aliphatic carbocycles. The molecule has 1 amide bonds. The van der Waals surface area contributed by atoms with Gasteiger partial charge in [0.2, 0.25) is 0 Å². The summed E-state index contributed by atoms with van der Waals surface area (Å²) in [7, 11) is 0. The van der Waals surface area contributed by atoms with Gasteiger partial charge in [-0.25, -0.2) is 14.4 Å². The van der Waals surface area contributed by atoms with Crippen molar-refractivity contribution in [2.45, 2.75) is 0 Å². The summed E-state index contributed by atoms with van der Waals surface area (Å²) < 4.78 is 14.7. The molecule has 0 spiro atoms. The lowest BCUT2D eigenvalue weighted by molar-refractivity contribution is 0.102. The van der Waals surface area contributed by atoms with Gasteiger partial charge in [-0.3, -0.25) is 9.89 Å². The van der Waals surface area contributed by atoms with E-state index in [9.17, 15) is 9.18 Å². The molecule has 8 heteroatoms. The molecule has 7 nitrogen and oxygen atoms in total. The van der Waals surface area contributed by atoms with Crippen molar-refractivity contribution in [2.24, 2.45) is 0 Å². The molecule has 0 unspecified atom stereocenters. The molecule has 128 valence electrons. The number of carbonyl (C=O) groups is 1. The summed E-state index contributed by atoms with van der Waals surface area (Å²) in [5.74, 6) is -0.403. The average Bonchev–Trinajstić information content (AvgIpc) is 3.08. The quantitative estimate of drug-likeness (QED) is 0.527. The SMILES string of the molecule is Nc1nccc2[nH]nc(-c3ccc(C(=O)Nc4ccccn4)cc3F)c12. The van der Waals surface area contributed by atoms with Gasteiger partial charge >= 0.3 is 0 Å². The van der Waals surface area contributed by atoms with Gasteiger partial charge in [0.1, 0.15) is 23.1 Å². The molecular formula is C18H13FN6O. The summed E-state index contributed by atoms with van der Waals surface area (Å²) in [4.78, 5) is 20.3. The molecule has 0 saturated carbocycles. The van der Waals surface area contributed by atoms with Crippen LogP contribution in [0.4, 0.5) is 16.0 Å². The third kappa shape index (κ3) is 2.73. The summed E-state index contributed by atoms with van der Waals surface area (Å²) in [5, 5.41) is 10.1. The number of halogens is 1. The molecule has 0 atom stereocenters. The van der Waals surface area contributed by atoms with Crippen molar-refractivity contribution in [1.29, 1.82) is 0 Å². The topological polar surface area (TPSA) is 110 Å². The zero-order valence-electron chi connectivity index (χ0n) is 13.4. The van der Waals surface area contributed by atoms with Crippen LogP contribution in [-0.2, 0) is 0 Å². The Morgan fingerprint density at radius 3 is 2.77 bits per heavy atom. The molecule has 3 aromatic heterocycles. The first-order chi connectivity index (χ1) is 12.6. The van der Waals surface area contributed by atoms with Crippen molar-refractivity contribution in [3.63, 3.8) is 0 Å². The molecule has 4 N–H and O–H groups in total. The number of aromatic nitrogens is 4. The van der Waals surface area contributed by atoms with Gasteiger partial charge in [0.05, 0.1) is 10.9 Å². The summed E-state index contributed by atoms with van der Waals surface area (Å²) in [5.41, 5.74) is 7.29. The number of nitrogens with zero attached hydrogens (tertiary/aromatic N) is 3. The number of amides is 1. The van der Waals surface area contributed by atoms with Crippen molar-refractivity contribution >= 4 is 28.4 Å². The van der Waals surface area contributed by atoms with E-state index in [2.05, 4.69) is 25.5 Å². The van der Waals surface area contributed by atoms with E-state index in [-0.39, 0.29) is 16.9 Å². The Morgan fingerprint density at radius 1 is 1.12 bits per heavy atom. The number of aromatic amines is 1. The zero-order chi connectivity index (χ0) is 18.1. The lowest BCUT2D eigenvalue weighted by Crippen LogP contribution is -2.13. The Kier molecular flexibility index (Phi) is 3.77. The minimum atomic E-state index is -0.588. The number of fused-ring (bicyclic) bond motifs is 1. The first kappa shape index (κ1) is 15.7. The fourth-order valence-corrected chi connectivity index (χ4v) is 2.66. The van der Waals surface area contributed by atoms with Crippen LogP contribution >= 0.6 is 0 Å². The van der Waals surface area contributed by atoms with Crippen molar-refractivity contribution < 1.29 is 9.18 Å². The predicted molar refractivity (Wildman–Crippen MR) is 95.9 cm³/mol. The van der Waals surface area contributed by atoms with Crippen LogP contribution in [0.15, 0.2) is 54.9 Å². The summed E-state index contributed by atoms with van der Waals surface area (Å²) in [6, 6.07) is 11.0. The number of carbonyl (C=O) groups excluding carboxylic acids is 1. The van der Waals surface area contributed by atoms with E-state index in [1.165, 1.54) is 12.1 Å².